The van der Waals surface area contributed by atoms with Crippen molar-refractivity contribution in [3.05, 3.63) is 16.6 Å². The van der Waals surface area contributed by atoms with Crippen molar-refractivity contribution in [1.29, 1.82) is 0 Å². The average Bonchev–Trinajstić information content (AvgIpc) is 2.38. The standard InChI is InChI=1S/C7H11NOS/c1-3-9-6(2)7-8-4-5-10-7/h4-6H,3H2,1-2H3. The highest BCUT2D eigenvalue weighted by atomic mass is 32.1. The number of ether oxygens (including phenoxy) is 1. The van der Waals surface area contributed by atoms with Gasteiger partial charge in [-0.2, -0.15) is 0 Å². The Hall–Kier alpha value is -0.410. The van der Waals surface area contributed by atoms with Gasteiger partial charge < -0.3 is 4.74 Å². The summed E-state index contributed by atoms with van der Waals surface area (Å²) in [7, 11) is 0. The van der Waals surface area contributed by atoms with Gasteiger partial charge in [0.25, 0.3) is 0 Å². The lowest BCUT2D eigenvalue weighted by Crippen LogP contribution is -1.97. The number of hydrogen-bond donors (Lipinski definition) is 0. The van der Waals surface area contributed by atoms with Crippen molar-refractivity contribution in [3.8, 4) is 0 Å². The van der Waals surface area contributed by atoms with Gasteiger partial charge in [-0.05, 0) is 13.8 Å². The minimum Gasteiger partial charge on any atom is -0.372 e. The van der Waals surface area contributed by atoms with Crippen molar-refractivity contribution in [2.24, 2.45) is 0 Å². The van der Waals surface area contributed by atoms with Crippen molar-refractivity contribution < 1.29 is 4.74 Å². The largest absolute Gasteiger partial charge is 0.372 e. The van der Waals surface area contributed by atoms with Crippen LogP contribution in [0, 0.1) is 0 Å². The molecule has 1 atom stereocenters. The number of nitrogens with zero attached hydrogens (tertiary/aromatic N) is 1. The van der Waals surface area contributed by atoms with Gasteiger partial charge in [0, 0.05) is 18.2 Å². The Morgan fingerprint density at radius 1 is 1.80 bits per heavy atom. The summed E-state index contributed by atoms with van der Waals surface area (Å²) in [6.07, 6.45) is 1.96. The molecule has 0 aliphatic rings. The van der Waals surface area contributed by atoms with Crippen molar-refractivity contribution in [2.45, 2.75) is 20.0 Å². The number of rotatable bonds is 3. The van der Waals surface area contributed by atoms with Crippen LogP contribution >= 0.6 is 11.3 Å². The Bertz CT molecular complexity index is 174. The van der Waals surface area contributed by atoms with E-state index in [1.165, 1.54) is 0 Å². The van der Waals surface area contributed by atoms with Gasteiger partial charge >= 0.3 is 0 Å². The van der Waals surface area contributed by atoms with Gasteiger partial charge in [0.1, 0.15) is 11.1 Å². The molecule has 2 nitrogen and oxygen atoms in total. The molecule has 10 heavy (non-hydrogen) atoms. The Balaban J connectivity index is 2.50. The van der Waals surface area contributed by atoms with Crippen molar-refractivity contribution in [3.63, 3.8) is 0 Å². The summed E-state index contributed by atoms with van der Waals surface area (Å²) in [6.45, 7) is 4.76. The van der Waals surface area contributed by atoms with E-state index >= 15 is 0 Å². The molecule has 1 aromatic rings. The maximum atomic E-state index is 5.33. The van der Waals surface area contributed by atoms with Crippen LogP contribution in [-0.4, -0.2) is 11.6 Å². The molecule has 0 saturated carbocycles. The summed E-state index contributed by atoms with van der Waals surface area (Å²) in [6, 6.07) is 0. The lowest BCUT2D eigenvalue weighted by Gasteiger charge is -2.06. The van der Waals surface area contributed by atoms with E-state index in [4.69, 9.17) is 4.74 Å². The smallest absolute Gasteiger partial charge is 0.121 e. The molecule has 0 aliphatic carbocycles. The van der Waals surface area contributed by atoms with Crippen LogP contribution in [0.4, 0.5) is 0 Å². The predicted molar refractivity (Wildman–Crippen MR) is 42.2 cm³/mol. The maximum absolute atomic E-state index is 5.33. The average molecular weight is 157 g/mol. The van der Waals surface area contributed by atoms with Gasteiger partial charge in [-0.25, -0.2) is 4.98 Å². The Labute approximate surface area is 64.9 Å². The maximum Gasteiger partial charge on any atom is 0.121 e. The molecule has 0 bridgehead atoms. The second-order valence-electron chi connectivity index (χ2n) is 1.97. The quantitative estimate of drug-likeness (QED) is 0.671. The van der Waals surface area contributed by atoms with Crippen LogP contribution in [0.15, 0.2) is 11.6 Å². The van der Waals surface area contributed by atoms with Crippen molar-refractivity contribution in [2.75, 3.05) is 6.61 Å². The first-order chi connectivity index (χ1) is 4.84. The van der Waals surface area contributed by atoms with Gasteiger partial charge in [-0.1, -0.05) is 0 Å². The Kier molecular flexibility index (Phi) is 2.83. The van der Waals surface area contributed by atoms with E-state index in [1.807, 2.05) is 19.2 Å². The number of thiazole rings is 1. The third-order valence-electron chi connectivity index (χ3n) is 1.22. The van der Waals surface area contributed by atoms with E-state index < -0.39 is 0 Å². The molecule has 0 spiro atoms. The van der Waals surface area contributed by atoms with Gasteiger partial charge in [0.05, 0.1) is 0 Å². The first kappa shape index (κ1) is 7.69. The fourth-order valence-corrected chi connectivity index (χ4v) is 1.40. The van der Waals surface area contributed by atoms with E-state index in [-0.39, 0.29) is 6.10 Å². The zero-order valence-corrected chi connectivity index (χ0v) is 7.02. The topological polar surface area (TPSA) is 22.1 Å². The van der Waals surface area contributed by atoms with Crippen LogP contribution in [0.3, 0.4) is 0 Å². The van der Waals surface area contributed by atoms with Crippen LogP contribution in [-0.2, 0) is 4.74 Å². The molecule has 0 N–H and O–H groups in total. The summed E-state index contributed by atoms with van der Waals surface area (Å²) < 4.78 is 5.33. The van der Waals surface area contributed by atoms with Gasteiger partial charge in [-0.15, -0.1) is 11.3 Å². The van der Waals surface area contributed by atoms with Crippen LogP contribution in [0.25, 0.3) is 0 Å². The van der Waals surface area contributed by atoms with Gasteiger partial charge in [-0.3, -0.25) is 0 Å². The fraction of sp³-hybridized carbons (Fsp3) is 0.571. The molecule has 0 radical (unpaired) electrons. The number of hydrogen-bond acceptors (Lipinski definition) is 3. The first-order valence-electron chi connectivity index (χ1n) is 3.35. The summed E-state index contributed by atoms with van der Waals surface area (Å²) in [4.78, 5) is 4.13. The molecule has 1 rings (SSSR count). The molecule has 1 unspecified atom stereocenters. The molecule has 0 saturated heterocycles. The molecular weight excluding hydrogens is 146 g/mol. The molecule has 1 aromatic heterocycles. The van der Waals surface area contributed by atoms with Gasteiger partial charge in [0.15, 0.2) is 0 Å². The van der Waals surface area contributed by atoms with Crippen LogP contribution in [0.2, 0.25) is 0 Å². The molecule has 0 aliphatic heterocycles. The van der Waals surface area contributed by atoms with Crippen LogP contribution < -0.4 is 0 Å². The zero-order valence-electron chi connectivity index (χ0n) is 6.20. The second kappa shape index (κ2) is 3.68. The number of aromatic nitrogens is 1. The molecule has 0 fully saturated rings. The SMILES string of the molecule is CCOC(C)c1nccs1. The Morgan fingerprint density at radius 2 is 2.60 bits per heavy atom. The van der Waals surface area contributed by atoms with E-state index in [0.717, 1.165) is 11.6 Å². The molecular formula is C7H11NOS. The van der Waals surface area contributed by atoms with E-state index in [0.29, 0.717) is 0 Å². The molecule has 1 heterocycles. The lowest BCUT2D eigenvalue weighted by atomic mass is 10.4. The lowest BCUT2D eigenvalue weighted by molar-refractivity contribution is 0.0762. The van der Waals surface area contributed by atoms with Crippen molar-refractivity contribution >= 4 is 11.3 Å². The Morgan fingerprint density at radius 3 is 3.10 bits per heavy atom. The predicted octanol–water partition coefficient (Wildman–Crippen LogP) is 2.24. The minimum absolute atomic E-state index is 0.157. The fourth-order valence-electron chi connectivity index (χ4n) is 0.757. The first-order valence-corrected chi connectivity index (χ1v) is 4.23. The monoisotopic (exact) mass is 157 g/mol. The van der Waals surface area contributed by atoms with E-state index in [2.05, 4.69) is 4.98 Å². The highest BCUT2D eigenvalue weighted by molar-refractivity contribution is 7.09. The zero-order chi connectivity index (χ0) is 7.40. The summed E-state index contributed by atoms with van der Waals surface area (Å²) in [5, 5.41) is 3.02. The third-order valence-corrected chi connectivity index (χ3v) is 2.15. The highest BCUT2D eigenvalue weighted by Gasteiger charge is 2.05. The second-order valence-corrected chi connectivity index (χ2v) is 2.89. The van der Waals surface area contributed by atoms with Crippen LogP contribution in [0.1, 0.15) is 25.0 Å². The van der Waals surface area contributed by atoms with Crippen LogP contribution in [0.5, 0.6) is 0 Å². The third kappa shape index (κ3) is 1.78. The normalized spacial score (nSPS) is 13.4. The highest BCUT2D eigenvalue weighted by Crippen LogP contribution is 2.17. The molecule has 56 valence electrons. The summed E-state index contributed by atoms with van der Waals surface area (Å²) in [5.74, 6) is 0. The van der Waals surface area contributed by atoms with E-state index in [1.54, 1.807) is 17.5 Å². The van der Waals surface area contributed by atoms with Gasteiger partial charge in [0.2, 0.25) is 0 Å². The molecule has 0 amide bonds. The van der Waals surface area contributed by atoms with Crippen molar-refractivity contribution in [1.82, 2.24) is 4.98 Å². The minimum atomic E-state index is 0.157. The van der Waals surface area contributed by atoms with E-state index in [9.17, 15) is 0 Å². The molecule has 0 aromatic carbocycles. The summed E-state index contributed by atoms with van der Waals surface area (Å²) >= 11 is 1.63. The summed E-state index contributed by atoms with van der Waals surface area (Å²) in [5.41, 5.74) is 0. The molecule has 3 heteroatoms.